The van der Waals surface area contributed by atoms with E-state index in [1.807, 2.05) is 19.9 Å². The molecule has 0 unspecified atom stereocenters. The largest absolute Gasteiger partial charge is 0.353 e. The van der Waals surface area contributed by atoms with Gasteiger partial charge in [-0.1, -0.05) is 29.4 Å². The van der Waals surface area contributed by atoms with Gasteiger partial charge in [-0.15, -0.1) is 0 Å². The van der Waals surface area contributed by atoms with Crippen LogP contribution in [0.2, 0.25) is 0 Å². The Balaban J connectivity index is 4.06. The van der Waals surface area contributed by atoms with Crippen LogP contribution in [0.5, 0.6) is 0 Å². The maximum absolute atomic E-state index is 11.6. The molecule has 0 atom stereocenters. The summed E-state index contributed by atoms with van der Waals surface area (Å²) in [4.78, 5) is 22.5. The van der Waals surface area contributed by atoms with Crippen molar-refractivity contribution in [3.8, 4) is 0 Å². The summed E-state index contributed by atoms with van der Waals surface area (Å²) in [7, 11) is 0. The predicted molar refractivity (Wildman–Crippen MR) is 98.3 cm³/mol. The number of amides is 1. The number of nitrogens with one attached hydrogen (secondary N) is 1. The van der Waals surface area contributed by atoms with Crippen LogP contribution in [0.25, 0.3) is 0 Å². The number of rotatable bonds is 11. The molecule has 0 fully saturated rings. The lowest BCUT2D eigenvalue weighted by molar-refractivity contribution is -0.118. The summed E-state index contributed by atoms with van der Waals surface area (Å²) < 4.78 is 0. The molecule has 0 aromatic rings. The highest BCUT2D eigenvalue weighted by atomic mass is 16.1. The summed E-state index contributed by atoms with van der Waals surface area (Å²) in [6.07, 6.45) is 11.9. The fourth-order valence-corrected chi connectivity index (χ4v) is 2.18. The van der Waals surface area contributed by atoms with Crippen molar-refractivity contribution in [1.29, 1.82) is 0 Å². The lowest BCUT2D eigenvalue weighted by Crippen LogP contribution is -2.23. The van der Waals surface area contributed by atoms with E-state index in [-0.39, 0.29) is 11.7 Å². The molecule has 0 aliphatic carbocycles. The van der Waals surface area contributed by atoms with Crippen molar-refractivity contribution in [2.24, 2.45) is 0 Å². The van der Waals surface area contributed by atoms with E-state index in [0.717, 1.165) is 37.7 Å². The number of carbonyl (C=O) groups excluding carboxylic acids is 2. The van der Waals surface area contributed by atoms with Gasteiger partial charge < -0.3 is 10.1 Å². The SMILES string of the molecule is CCNC(=O)C(C)=CCCC(C)=CCCC(C)=CCCC(C)=O. The number of allylic oxidation sites excluding steroid dienone is 5. The van der Waals surface area contributed by atoms with Gasteiger partial charge in [0.05, 0.1) is 0 Å². The molecule has 0 rings (SSSR count). The lowest BCUT2D eigenvalue weighted by atomic mass is 10.1. The fourth-order valence-electron chi connectivity index (χ4n) is 2.18. The van der Waals surface area contributed by atoms with Crippen molar-refractivity contribution >= 4 is 11.7 Å². The van der Waals surface area contributed by atoms with Crippen molar-refractivity contribution < 1.29 is 9.59 Å². The molecule has 130 valence electrons. The van der Waals surface area contributed by atoms with Gasteiger partial charge in [0, 0.05) is 18.5 Å². The van der Waals surface area contributed by atoms with Crippen LogP contribution in [-0.2, 0) is 9.59 Å². The summed E-state index contributed by atoms with van der Waals surface area (Å²) in [6, 6.07) is 0. The van der Waals surface area contributed by atoms with Gasteiger partial charge in [-0.05, 0) is 66.7 Å². The number of likely N-dealkylation sites (N-methyl/N-ethyl adjacent to an activating group) is 1. The maximum Gasteiger partial charge on any atom is 0.246 e. The Labute approximate surface area is 141 Å². The zero-order chi connectivity index (χ0) is 17.7. The molecule has 0 heterocycles. The van der Waals surface area contributed by atoms with Gasteiger partial charge in [0.15, 0.2) is 0 Å². The van der Waals surface area contributed by atoms with Gasteiger partial charge in [-0.25, -0.2) is 0 Å². The molecule has 23 heavy (non-hydrogen) atoms. The Morgan fingerprint density at radius 2 is 1.26 bits per heavy atom. The second-order valence-corrected chi connectivity index (χ2v) is 6.17. The zero-order valence-electron chi connectivity index (χ0n) is 15.5. The van der Waals surface area contributed by atoms with Gasteiger partial charge in [0.25, 0.3) is 0 Å². The quantitative estimate of drug-likeness (QED) is 0.435. The number of carbonyl (C=O) groups is 2. The molecule has 0 radical (unpaired) electrons. The molecule has 3 nitrogen and oxygen atoms in total. The Morgan fingerprint density at radius 3 is 1.74 bits per heavy atom. The molecule has 0 aliphatic rings. The highest BCUT2D eigenvalue weighted by Crippen LogP contribution is 2.12. The third-order valence-electron chi connectivity index (χ3n) is 3.71. The Morgan fingerprint density at radius 1 is 0.783 bits per heavy atom. The van der Waals surface area contributed by atoms with E-state index in [1.165, 1.54) is 11.1 Å². The van der Waals surface area contributed by atoms with Crippen LogP contribution in [0, 0.1) is 0 Å². The standard InChI is InChI=1S/C20H33NO2/c1-6-21-20(23)18(4)14-8-12-16(2)10-7-11-17(3)13-9-15-19(5)22/h10,13-14H,6-9,11-12,15H2,1-5H3,(H,21,23). The third-order valence-corrected chi connectivity index (χ3v) is 3.71. The first-order valence-corrected chi connectivity index (χ1v) is 8.62. The van der Waals surface area contributed by atoms with Crippen LogP contribution in [0.15, 0.2) is 34.9 Å². The molecule has 1 amide bonds. The van der Waals surface area contributed by atoms with Gasteiger partial charge in [0.1, 0.15) is 5.78 Å². The van der Waals surface area contributed by atoms with E-state index in [9.17, 15) is 9.59 Å². The summed E-state index contributed by atoms with van der Waals surface area (Å²) in [5.74, 6) is 0.279. The van der Waals surface area contributed by atoms with Crippen molar-refractivity contribution in [2.75, 3.05) is 6.54 Å². The highest BCUT2D eigenvalue weighted by Gasteiger charge is 2.00. The molecule has 3 heteroatoms. The molecular formula is C20H33NO2. The van der Waals surface area contributed by atoms with Crippen LogP contribution >= 0.6 is 0 Å². The minimum Gasteiger partial charge on any atom is -0.353 e. The lowest BCUT2D eigenvalue weighted by Gasteiger charge is -2.03. The number of ketones is 1. The predicted octanol–water partition coefficient (Wildman–Crippen LogP) is 4.89. The molecule has 0 aromatic carbocycles. The van der Waals surface area contributed by atoms with Crippen LogP contribution in [-0.4, -0.2) is 18.2 Å². The molecular weight excluding hydrogens is 286 g/mol. The highest BCUT2D eigenvalue weighted by molar-refractivity contribution is 5.92. The Bertz CT molecular complexity index is 470. The summed E-state index contributed by atoms with van der Waals surface area (Å²) >= 11 is 0. The second-order valence-electron chi connectivity index (χ2n) is 6.17. The van der Waals surface area contributed by atoms with Crippen LogP contribution in [0.3, 0.4) is 0 Å². The second kappa shape index (κ2) is 12.9. The molecule has 0 aromatic heterocycles. The number of Topliss-reactive ketones (excluding diaryl/α,β-unsaturated/α-hetero) is 1. The van der Waals surface area contributed by atoms with Crippen molar-refractivity contribution in [1.82, 2.24) is 5.32 Å². The Kier molecular flexibility index (Phi) is 11.9. The first-order chi connectivity index (χ1) is 10.9. The average Bonchev–Trinajstić information content (AvgIpc) is 2.46. The monoisotopic (exact) mass is 319 g/mol. The van der Waals surface area contributed by atoms with E-state index in [2.05, 4.69) is 31.3 Å². The van der Waals surface area contributed by atoms with E-state index in [4.69, 9.17) is 0 Å². The molecule has 0 saturated carbocycles. The minimum atomic E-state index is 0.0282. The van der Waals surface area contributed by atoms with Gasteiger partial charge in [-0.2, -0.15) is 0 Å². The minimum absolute atomic E-state index is 0.0282. The van der Waals surface area contributed by atoms with Crippen molar-refractivity contribution in [2.45, 2.75) is 73.1 Å². The first kappa shape index (κ1) is 21.4. The van der Waals surface area contributed by atoms with E-state index >= 15 is 0 Å². The summed E-state index contributed by atoms with van der Waals surface area (Å²) in [5, 5.41) is 2.80. The van der Waals surface area contributed by atoms with Crippen LogP contribution in [0.4, 0.5) is 0 Å². The van der Waals surface area contributed by atoms with Gasteiger partial charge in [-0.3, -0.25) is 4.79 Å². The first-order valence-electron chi connectivity index (χ1n) is 8.62. The third kappa shape index (κ3) is 12.6. The van der Waals surface area contributed by atoms with E-state index in [0.29, 0.717) is 13.0 Å². The molecule has 0 spiro atoms. The van der Waals surface area contributed by atoms with Gasteiger partial charge in [0.2, 0.25) is 5.91 Å². The maximum atomic E-state index is 11.6. The molecule has 0 saturated heterocycles. The average molecular weight is 319 g/mol. The van der Waals surface area contributed by atoms with Crippen LogP contribution in [0.1, 0.15) is 73.1 Å². The molecule has 0 bridgehead atoms. The van der Waals surface area contributed by atoms with E-state index < -0.39 is 0 Å². The Hall–Kier alpha value is -1.64. The fraction of sp³-hybridized carbons (Fsp3) is 0.600. The van der Waals surface area contributed by atoms with Gasteiger partial charge >= 0.3 is 0 Å². The molecule has 1 N–H and O–H groups in total. The zero-order valence-corrected chi connectivity index (χ0v) is 15.5. The summed E-state index contributed by atoms with van der Waals surface area (Å²) in [6.45, 7) is 10.4. The topological polar surface area (TPSA) is 46.2 Å². The van der Waals surface area contributed by atoms with Crippen molar-refractivity contribution in [3.05, 3.63) is 34.9 Å². The normalized spacial score (nSPS) is 13.2. The number of hydrogen-bond acceptors (Lipinski definition) is 2. The van der Waals surface area contributed by atoms with E-state index in [1.54, 1.807) is 6.92 Å². The smallest absolute Gasteiger partial charge is 0.246 e. The summed E-state index contributed by atoms with van der Waals surface area (Å²) in [5.41, 5.74) is 3.51. The van der Waals surface area contributed by atoms with Crippen molar-refractivity contribution in [3.63, 3.8) is 0 Å². The number of hydrogen-bond donors (Lipinski definition) is 1. The van der Waals surface area contributed by atoms with Crippen LogP contribution < -0.4 is 5.32 Å². The molecule has 0 aliphatic heterocycles.